The van der Waals surface area contributed by atoms with Crippen molar-refractivity contribution in [1.82, 2.24) is 25.0 Å². The zero-order valence-corrected chi connectivity index (χ0v) is 26.3. The number of aromatic nitrogens is 1. The fourth-order valence-electron chi connectivity index (χ4n) is 6.84. The van der Waals surface area contributed by atoms with E-state index >= 15 is 0 Å². The molecule has 2 atom stereocenters. The predicted molar refractivity (Wildman–Crippen MR) is 167 cm³/mol. The fraction of sp³-hybridized carbons (Fsp3) is 0.576. The van der Waals surface area contributed by atoms with Crippen molar-refractivity contribution < 1.29 is 38.6 Å². The molecule has 13 nitrogen and oxygen atoms in total. The second-order valence-electron chi connectivity index (χ2n) is 12.1. The number of carbonyl (C=O) groups is 5. The maximum absolute atomic E-state index is 13.5. The van der Waals surface area contributed by atoms with E-state index in [4.69, 9.17) is 9.47 Å². The molecule has 5 rings (SSSR count). The molecule has 3 fully saturated rings. The van der Waals surface area contributed by atoms with Gasteiger partial charge in [0.05, 0.1) is 12.1 Å². The van der Waals surface area contributed by atoms with Crippen molar-refractivity contribution in [2.45, 2.75) is 70.4 Å². The topological polar surface area (TPSA) is 159 Å². The Morgan fingerprint density at radius 1 is 0.978 bits per heavy atom. The molecule has 1 aromatic heterocycles. The number of ether oxygens (including phenoxy) is 2. The minimum atomic E-state index is -1.13. The van der Waals surface area contributed by atoms with Gasteiger partial charge in [-0.15, -0.1) is 0 Å². The lowest BCUT2D eigenvalue weighted by Crippen LogP contribution is -2.56. The van der Waals surface area contributed by atoms with Crippen molar-refractivity contribution >= 4 is 40.7 Å². The molecule has 13 heteroatoms. The lowest BCUT2D eigenvalue weighted by molar-refractivity contribution is -0.138. The van der Waals surface area contributed by atoms with Crippen molar-refractivity contribution in [3.8, 4) is 5.75 Å². The van der Waals surface area contributed by atoms with E-state index in [9.17, 15) is 29.1 Å². The Bertz CT molecular complexity index is 1440. The van der Waals surface area contributed by atoms with Gasteiger partial charge in [-0.3, -0.25) is 19.2 Å². The second-order valence-corrected chi connectivity index (χ2v) is 12.1. The number of para-hydroxylation sites is 1. The third-order valence-electron chi connectivity index (χ3n) is 9.19. The highest BCUT2D eigenvalue weighted by Gasteiger charge is 2.36. The zero-order chi connectivity index (χ0) is 32.6. The van der Waals surface area contributed by atoms with Gasteiger partial charge in [-0.2, -0.15) is 0 Å². The molecular weight excluding hydrogens is 594 g/mol. The first kappa shape index (κ1) is 33.0. The molecule has 46 heavy (non-hydrogen) atoms. The SMILES string of the molecule is CCOC(=O)N1CCN(C(=O)C(CCC(=O)O)NC(=O)c2cc(OCC(=O)N3CCCC3C3CCCC3)c3ccccc3n2)CC1. The molecule has 3 heterocycles. The van der Waals surface area contributed by atoms with Crippen molar-refractivity contribution in [2.24, 2.45) is 5.92 Å². The number of piperazine rings is 1. The minimum absolute atomic E-state index is 0.0218. The maximum Gasteiger partial charge on any atom is 0.409 e. The number of aliphatic carboxylic acids is 1. The molecule has 0 radical (unpaired) electrons. The van der Waals surface area contributed by atoms with Crippen LogP contribution in [0.1, 0.15) is 68.8 Å². The van der Waals surface area contributed by atoms with E-state index in [2.05, 4.69) is 10.3 Å². The molecule has 2 aromatic rings. The Kier molecular flexibility index (Phi) is 10.9. The molecule has 1 aromatic carbocycles. The molecule has 1 aliphatic carbocycles. The summed E-state index contributed by atoms with van der Waals surface area (Å²) in [6, 6.07) is 7.71. The van der Waals surface area contributed by atoms with Gasteiger partial charge in [0.2, 0.25) is 5.91 Å². The lowest BCUT2D eigenvalue weighted by atomic mass is 9.96. The number of amides is 4. The van der Waals surface area contributed by atoms with Gasteiger partial charge in [0.25, 0.3) is 11.8 Å². The molecule has 0 spiro atoms. The number of nitrogens with zero attached hydrogens (tertiary/aromatic N) is 4. The Morgan fingerprint density at radius 2 is 1.70 bits per heavy atom. The van der Waals surface area contributed by atoms with Crippen LogP contribution in [-0.4, -0.2) is 113 Å². The number of rotatable bonds is 11. The van der Waals surface area contributed by atoms with E-state index in [-0.39, 0.29) is 69.9 Å². The molecule has 0 bridgehead atoms. The van der Waals surface area contributed by atoms with Crippen LogP contribution >= 0.6 is 0 Å². The number of hydrogen-bond acceptors (Lipinski definition) is 8. The minimum Gasteiger partial charge on any atom is -0.483 e. The molecule has 3 aliphatic rings. The van der Waals surface area contributed by atoms with Gasteiger partial charge in [-0.05, 0) is 57.1 Å². The first-order valence-electron chi connectivity index (χ1n) is 16.3. The van der Waals surface area contributed by atoms with Crippen LogP contribution in [0.4, 0.5) is 4.79 Å². The van der Waals surface area contributed by atoms with Gasteiger partial charge in [0.1, 0.15) is 17.5 Å². The van der Waals surface area contributed by atoms with E-state index in [0.717, 1.165) is 32.2 Å². The number of pyridine rings is 1. The largest absolute Gasteiger partial charge is 0.483 e. The standard InChI is InChI=1S/C33H43N5O8/c1-2-45-33(44)37-18-16-36(17-19-37)32(43)25(13-14-30(40)41)35-31(42)26-20-28(23-10-5-6-11-24(23)34-26)46-21-29(39)38-15-7-12-27(38)22-8-3-4-9-22/h5-6,10-11,20,22,25,27H,2-4,7-9,12-19,21H2,1H3,(H,35,42)(H,40,41). The number of nitrogens with one attached hydrogen (secondary N) is 1. The summed E-state index contributed by atoms with van der Waals surface area (Å²) < 4.78 is 11.1. The number of carboxylic acids is 1. The first-order valence-corrected chi connectivity index (χ1v) is 16.3. The van der Waals surface area contributed by atoms with Crippen LogP contribution in [-0.2, 0) is 19.1 Å². The molecule has 2 N–H and O–H groups in total. The van der Waals surface area contributed by atoms with E-state index in [0.29, 0.717) is 22.6 Å². The monoisotopic (exact) mass is 637 g/mol. The number of hydrogen-bond donors (Lipinski definition) is 2. The highest BCUT2D eigenvalue weighted by Crippen LogP contribution is 2.35. The van der Waals surface area contributed by atoms with Crippen LogP contribution in [0, 0.1) is 5.92 Å². The molecule has 1 saturated carbocycles. The average molecular weight is 638 g/mol. The third kappa shape index (κ3) is 7.86. The van der Waals surface area contributed by atoms with Crippen molar-refractivity contribution in [1.29, 1.82) is 0 Å². The van der Waals surface area contributed by atoms with Crippen LogP contribution in [0.25, 0.3) is 10.9 Å². The normalized spacial score (nSPS) is 19.2. The number of carboxylic acid groups (broad SMARTS) is 1. The summed E-state index contributed by atoms with van der Waals surface area (Å²) in [6.45, 7) is 3.46. The third-order valence-corrected chi connectivity index (χ3v) is 9.19. The van der Waals surface area contributed by atoms with Crippen LogP contribution in [0.3, 0.4) is 0 Å². The summed E-state index contributed by atoms with van der Waals surface area (Å²) in [5, 5.41) is 12.6. The number of benzene rings is 1. The van der Waals surface area contributed by atoms with E-state index in [1.54, 1.807) is 25.1 Å². The Balaban J connectivity index is 1.28. The number of likely N-dealkylation sites (tertiary alicyclic amines) is 1. The Hall–Kier alpha value is -4.42. The van der Waals surface area contributed by atoms with Crippen molar-refractivity contribution in [2.75, 3.05) is 45.9 Å². The van der Waals surface area contributed by atoms with Gasteiger partial charge < -0.3 is 34.6 Å². The van der Waals surface area contributed by atoms with Gasteiger partial charge in [0.15, 0.2) is 6.61 Å². The molecule has 4 amide bonds. The van der Waals surface area contributed by atoms with Gasteiger partial charge in [-0.1, -0.05) is 25.0 Å². The fourth-order valence-corrected chi connectivity index (χ4v) is 6.84. The van der Waals surface area contributed by atoms with Crippen LogP contribution in [0.2, 0.25) is 0 Å². The number of fused-ring (bicyclic) bond motifs is 1. The smallest absolute Gasteiger partial charge is 0.409 e. The molecule has 248 valence electrons. The summed E-state index contributed by atoms with van der Waals surface area (Å²) in [4.78, 5) is 73.2. The summed E-state index contributed by atoms with van der Waals surface area (Å²) in [6.07, 6.45) is 5.82. The highest BCUT2D eigenvalue weighted by atomic mass is 16.6. The Morgan fingerprint density at radius 3 is 2.41 bits per heavy atom. The molecule has 2 unspecified atom stereocenters. The zero-order valence-electron chi connectivity index (χ0n) is 26.3. The van der Waals surface area contributed by atoms with Crippen molar-refractivity contribution in [3.63, 3.8) is 0 Å². The van der Waals surface area contributed by atoms with Crippen LogP contribution < -0.4 is 10.1 Å². The van der Waals surface area contributed by atoms with E-state index < -0.39 is 29.9 Å². The van der Waals surface area contributed by atoms with Gasteiger partial charge >= 0.3 is 12.1 Å². The van der Waals surface area contributed by atoms with Gasteiger partial charge in [0, 0.05) is 56.6 Å². The molecule has 2 aliphatic heterocycles. The maximum atomic E-state index is 13.5. The van der Waals surface area contributed by atoms with Crippen molar-refractivity contribution in [3.05, 3.63) is 36.0 Å². The molecular formula is C33H43N5O8. The average Bonchev–Trinajstić information content (AvgIpc) is 3.78. The van der Waals surface area contributed by atoms with Gasteiger partial charge in [-0.25, -0.2) is 9.78 Å². The highest BCUT2D eigenvalue weighted by molar-refractivity contribution is 5.99. The summed E-state index contributed by atoms with van der Waals surface area (Å²) in [5.41, 5.74) is 0.456. The Labute approximate surface area is 268 Å². The van der Waals surface area contributed by atoms with Crippen LogP contribution in [0.15, 0.2) is 30.3 Å². The quantitative estimate of drug-likeness (QED) is 0.378. The summed E-state index contributed by atoms with van der Waals surface area (Å²) >= 11 is 0. The second kappa shape index (κ2) is 15.2. The summed E-state index contributed by atoms with van der Waals surface area (Å²) in [5.74, 6) is -1.42. The van der Waals surface area contributed by atoms with Crippen LogP contribution in [0.5, 0.6) is 5.75 Å². The molecule has 2 saturated heterocycles. The first-order chi connectivity index (χ1) is 22.2. The number of carbonyl (C=O) groups excluding carboxylic acids is 4. The summed E-state index contributed by atoms with van der Waals surface area (Å²) in [7, 11) is 0. The van der Waals surface area contributed by atoms with E-state index in [1.165, 1.54) is 28.7 Å². The predicted octanol–water partition coefficient (Wildman–Crippen LogP) is 3.06. The lowest BCUT2D eigenvalue weighted by Gasteiger charge is -2.35. The van der Waals surface area contributed by atoms with E-state index in [1.807, 2.05) is 11.0 Å².